The van der Waals surface area contributed by atoms with Gasteiger partial charge in [-0.1, -0.05) is 13.3 Å². The van der Waals surface area contributed by atoms with Gasteiger partial charge in [-0.25, -0.2) is 4.79 Å². The number of hydrogen-bond acceptors (Lipinski definition) is 3. The second kappa shape index (κ2) is 5.77. The van der Waals surface area contributed by atoms with E-state index < -0.39 is 5.97 Å². The minimum atomic E-state index is -0.666. The van der Waals surface area contributed by atoms with Crippen LogP contribution in [0.2, 0.25) is 0 Å². The number of carbonyl (C=O) groups is 1. The molecule has 0 bridgehead atoms. The highest BCUT2D eigenvalue weighted by atomic mass is 16.5. The summed E-state index contributed by atoms with van der Waals surface area (Å²) in [6.07, 6.45) is 4.22. The summed E-state index contributed by atoms with van der Waals surface area (Å²) in [5.74, 6) is -0.956. The van der Waals surface area contributed by atoms with Crippen molar-refractivity contribution in [3.63, 3.8) is 0 Å². The first kappa shape index (κ1) is 10.0. The number of unbranched alkanes of at least 4 members (excludes halogenated alkanes) is 2. The van der Waals surface area contributed by atoms with Gasteiger partial charge in [-0.05, 0) is 18.9 Å². The van der Waals surface area contributed by atoms with E-state index in [1.54, 1.807) is 0 Å². The van der Waals surface area contributed by atoms with Crippen LogP contribution in [0, 0.1) is 0 Å². The minimum absolute atomic E-state index is 0.291. The molecule has 0 fully saturated rings. The van der Waals surface area contributed by atoms with Gasteiger partial charge in [-0.15, -0.1) is 0 Å². The number of rotatable bonds is 4. The van der Waals surface area contributed by atoms with E-state index >= 15 is 0 Å². The van der Waals surface area contributed by atoms with Crippen molar-refractivity contribution in [2.45, 2.75) is 26.2 Å². The normalized spacial score (nSPS) is 11.3. The molecule has 0 saturated carbocycles. The summed E-state index contributed by atoms with van der Waals surface area (Å²) in [5, 5.41) is 8.93. The van der Waals surface area contributed by atoms with E-state index in [-0.39, 0.29) is 5.76 Å². The number of carbonyl (C=O) groups excluding carboxylic acids is 1. The Bertz CT molecular complexity index is 149. The molecule has 0 aliphatic carbocycles. The molecule has 0 radical (unpaired) electrons. The Hall–Kier alpha value is -0.990. The molecule has 1 N–H and O–H groups in total. The lowest BCUT2D eigenvalue weighted by Gasteiger charge is -1.96. The fourth-order valence-electron chi connectivity index (χ4n) is 0.631. The Morgan fingerprint density at radius 1 is 1.64 bits per heavy atom. The molecular formula is C8H14O3. The summed E-state index contributed by atoms with van der Waals surface area (Å²) in [6, 6.07) is 0. The molecule has 3 nitrogen and oxygen atoms in total. The summed E-state index contributed by atoms with van der Waals surface area (Å²) < 4.78 is 4.29. The van der Waals surface area contributed by atoms with Gasteiger partial charge in [0.25, 0.3) is 0 Å². The van der Waals surface area contributed by atoms with Crippen molar-refractivity contribution in [2.75, 3.05) is 7.11 Å². The van der Waals surface area contributed by atoms with Crippen LogP contribution in [0.1, 0.15) is 26.2 Å². The van der Waals surface area contributed by atoms with Crippen molar-refractivity contribution in [3.8, 4) is 0 Å². The summed E-state index contributed by atoms with van der Waals surface area (Å²) >= 11 is 0. The lowest BCUT2D eigenvalue weighted by atomic mass is 10.2. The van der Waals surface area contributed by atoms with Crippen molar-refractivity contribution in [1.29, 1.82) is 0 Å². The number of allylic oxidation sites excluding steroid dienone is 1. The van der Waals surface area contributed by atoms with Crippen LogP contribution in [0.25, 0.3) is 0 Å². The molecule has 0 saturated heterocycles. The molecule has 0 spiro atoms. The number of aliphatic hydroxyl groups is 1. The van der Waals surface area contributed by atoms with Crippen LogP contribution < -0.4 is 0 Å². The quantitative estimate of drug-likeness (QED) is 0.293. The Morgan fingerprint density at radius 3 is 2.73 bits per heavy atom. The summed E-state index contributed by atoms with van der Waals surface area (Å²) in [5.41, 5.74) is 0. The molecule has 0 aromatic rings. The highest BCUT2D eigenvalue weighted by molar-refractivity contribution is 5.85. The maximum atomic E-state index is 10.6. The molecule has 3 heteroatoms. The Balaban J connectivity index is 3.71. The SMILES string of the molecule is CCCC/C=C(\O)C(=O)OC. The molecular weight excluding hydrogens is 144 g/mol. The van der Waals surface area contributed by atoms with E-state index in [0.29, 0.717) is 0 Å². The molecule has 0 aliphatic rings. The molecule has 0 atom stereocenters. The molecule has 0 unspecified atom stereocenters. The molecule has 0 aromatic heterocycles. The van der Waals surface area contributed by atoms with Crippen LogP contribution in [0.4, 0.5) is 0 Å². The van der Waals surface area contributed by atoms with Crippen molar-refractivity contribution in [2.24, 2.45) is 0 Å². The third-order valence-electron chi connectivity index (χ3n) is 1.29. The first-order chi connectivity index (χ1) is 5.22. The van der Waals surface area contributed by atoms with Crippen molar-refractivity contribution >= 4 is 5.97 Å². The van der Waals surface area contributed by atoms with E-state index in [1.807, 2.05) is 6.92 Å². The number of esters is 1. The third-order valence-corrected chi connectivity index (χ3v) is 1.29. The first-order valence-electron chi connectivity index (χ1n) is 3.69. The van der Waals surface area contributed by atoms with Gasteiger partial charge in [-0.3, -0.25) is 0 Å². The summed E-state index contributed by atoms with van der Waals surface area (Å²) in [4.78, 5) is 10.6. The van der Waals surface area contributed by atoms with E-state index in [9.17, 15) is 4.79 Å². The van der Waals surface area contributed by atoms with Gasteiger partial charge in [0, 0.05) is 0 Å². The number of ether oxygens (including phenoxy) is 1. The van der Waals surface area contributed by atoms with Gasteiger partial charge in [0.15, 0.2) is 5.76 Å². The van der Waals surface area contributed by atoms with Crippen LogP contribution in [-0.4, -0.2) is 18.2 Å². The van der Waals surface area contributed by atoms with Gasteiger partial charge < -0.3 is 9.84 Å². The van der Waals surface area contributed by atoms with Gasteiger partial charge >= 0.3 is 5.97 Å². The van der Waals surface area contributed by atoms with Gasteiger partial charge in [-0.2, -0.15) is 0 Å². The smallest absolute Gasteiger partial charge is 0.372 e. The first-order valence-corrected chi connectivity index (χ1v) is 3.69. The third kappa shape index (κ3) is 4.42. The summed E-state index contributed by atoms with van der Waals surface area (Å²) in [7, 11) is 1.24. The van der Waals surface area contributed by atoms with Crippen molar-refractivity contribution in [1.82, 2.24) is 0 Å². The van der Waals surface area contributed by atoms with Crippen LogP contribution in [0.3, 0.4) is 0 Å². The van der Waals surface area contributed by atoms with Crippen molar-refractivity contribution < 1.29 is 14.6 Å². The zero-order valence-electron chi connectivity index (χ0n) is 6.96. The van der Waals surface area contributed by atoms with E-state index in [4.69, 9.17) is 5.11 Å². The Kier molecular flexibility index (Phi) is 5.25. The van der Waals surface area contributed by atoms with Crippen LogP contribution in [0.15, 0.2) is 11.8 Å². The second-order valence-corrected chi connectivity index (χ2v) is 2.22. The van der Waals surface area contributed by atoms with Gasteiger partial charge in [0.05, 0.1) is 7.11 Å². The lowest BCUT2D eigenvalue weighted by Crippen LogP contribution is -2.03. The molecule has 64 valence electrons. The predicted molar refractivity (Wildman–Crippen MR) is 42.3 cm³/mol. The largest absolute Gasteiger partial charge is 0.502 e. The average Bonchev–Trinajstić information content (AvgIpc) is 2.03. The molecule has 0 heterocycles. The monoisotopic (exact) mass is 158 g/mol. The Morgan fingerprint density at radius 2 is 2.27 bits per heavy atom. The predicted octanol–water partition coefficient (Wildman–Crippen LogP) is 1.79. The van der Waals surface area contributed by atoms with E-state index in [2.05, 4.69) is 4.74 Å². The zero-order valence-corrected chi connectivity index (χ0v) is 6.96. The highest BCUT2D eigenvalue weighted by Gasteiger charge is 2.04. The fraction of sp³-hybridized carbons (Fsp3) is 0.625. The molecule has 0 aliphatic heterocycles. The average molecular weight is 158 g/mol. The number of methoxy groups -OCH3 is 1. The summed E-state index contributed by atoms with van der Waals surface area (Å²) in [6.45, 7) is 2.04. The number of hydrogen-bond donors (Lipinski definition) is 1. The van der Waals surface area contributed by atoms with E-state index in [1.165, 1.54) is 13.2 Å². The van der Waals surface area contributed by atoms with Gasteiger partial charge in [0.1, 0.15) is 0 Å². The fourth-order valence-corrected chi connectivity index (χ4v) is 0.631. The molecule has 0 rings (SSSR count). The van der Waals surface area contributed by atoms with Crippen LogP contribution >= 0.6 is 0 Å². The minimum Gasteiger partial charge on any atom is -0.502 e. The van der Waals surface area contributed by atoms with Gasteiger partial charge in [0.2, 0.25) is 0 Å². The van der Waals surface area contributed by atoms with Crippen molar-refractivity contribution in [3.05, 3.63) is 11.8 Å². The molecule has 11 heavy (non-hydrogen) atoms. The maximum Gasteiger partial charge on any atom is 0.372 e. The molecule has 0 amide bonds. The maximum absolute atomic E-state index is 10.6. The second-order valence-electron chi connectivity index (χ2n) is 2.22. The van der Waals surface area contributed by atoms with E-state index in [0.717, 1.165) is 19.3 Å². The number of aliphatic hydroxyl groups excluding tert-OH is 1. The lowest BCUT2D eigenvalue weighted by molar-refractivity contribution is -0.139. The highest BCUT2D eigenvalue weighted by Crippen LogP contribution is 1.99. The molecule has 0 aromatic carbocycles. The van der Waals surface area contributed by atoms with Crippen LogP contribution in [0.5, 0.6) is 0 Å². The van der Waals surface area contributed by atoms with Crippen LogP contribution in [-0.2, 0) is 9.53 Å². The zero-order chi connectivity index (χ0) is 8.69. The Labute approximate surface area is 66.7 Å². The topological polar surface area (TPSA) is 46.5 Å². The standard InChI is InChI=1S/C8H14O3/c1-3-4-5-6-7(9)8(10)11-2/h6,9H,3-5H2,1-2H3/b7-6-.